The van der Waals surface area contributed by atoms with Crippen molar-refractivity contribution in [2.24, 2.45) is 0 Å². The lowest BCUT2D eigenvalue weighted by Gasteiger charge is -2.11. The van der Waals surface area contributed by atoms with Crippen LogP contribution in [0.15, 0.2) is 175 Å². The average Bonchev–Trinajstić information content (AvgIpc) is 3.60. The van der Waals surface area contributed by atoms with Gasteiger partial charge in [0, 0.05) is 39.9 Å². The molecule has 0 atom stereocenters. The van der Waals surface area contributed by atoms with Crippen LogP contribution in [-0.2, 0) is 0 Å². The number of aromatic nitrogens is 4. The molecule has 0 aliphatic heterocycles. The Bertz CT molecular complexity index is 2510. The van der Waals surface area contributed by atoms with Gasteiger partial charge in [0.2, 0.25) is 0 Å². The molecule has 0 aliphatic carbocycles. The summed E-state index contributed by atoms with van der Waals surface area (Å²) < 4.78 is 6.89. The van der Waals surface area contributed by atoms with E-state index in [0.29, 0.717) is 0 Å². The summed E-state index contributed by atoms with van der Waals surface area (Å²) in [6.45, 7) is 0. The lowest BCUT2D eigenvalue weighted by Crippen LogP contribution is -1.94. The van der Waals surface area contributed by atoms with Crippen molar-refractivity contribution in [3.8, 4) is 67.6 Å². The number of para-hydroxylation sites is 1. The quantitative estimate of drug-likeness (QED) is 0.183. The largest absolute Gasteiger partial charge is 0.453 e. The van der Waals surface area contributed by atoms with Gasteiger partial charge in [0.1, 0.15) is 11.5 Å². The molecular weight excluding hydrogens is 601 g/mol. The van der Waals surface area contributed by atoms with E-state index < -0.39 is 0 Å². The number of furan rings is 1. The minimum atomic E-state index is 0.767. The second-order valence-corrected chi connectivity index (χ2v) is 11.9. The van der Waals surface area contributed by atoms with E-state index in [9.17, 15) is 0 Å². The first-order chi connectivity index (χ1) is 24.3. The molecule has 0 spiro atoms. The van der Waals surface area contributed by atoms with Crippen LogP contribution in [-0.4, -0.2) is 19.9 Å². The highest BCUT2D eigenvalue weighted by molar-refractivity contribution is 6.18. The highest BCUT2D eigenvalue weighted by Gasteiger charge is 2.24. The molecule has 0 N–H and O–H groups in total. The molecule has 0 aliphatic rings. The fourth-order valence-electron chi connectivity index (χ4n) is 6.49. The normalized spacial score (nSPS) is 11.3. The highest BCUT2D eigenvalue weighted by atomic mass is 16.3. The number of nitrogens with zero attached hydrogens (tertiary/aromatic N) is 4. The van der Waals surface area contributed by atoms with Gasteiger partial charge in [-0.3, -0.25) is 9.97 Å². The van der Waals surface area contributed by atoms with E-state index in [1.165, 1.54) is 0 Å². The molecule has 9 aromatic rings. The average molecular weight is 629 g/mol. The molecule has 5 nitrogen and oxygen atoms in total. The molecule has 0 fully saturated rings. The van der Waals surface area contributed by atoms with Crippen molar-refractivity contribution < 1.29 is 4.42 Å². The molecule has 0 amide bonds. The van der Waals surface area contributed by atoms with Gasteiger partial charge in [-0.05, 0) is 59.2 Å². The van der Waals surface area contributed by atoms with Crippen LogP contribution in [0.3, 0.4) is 0 Å². The SMILES string of the molecule is c1ccc(-c2oc3c(-c4ccc(-c5cc(-c6ccccn6)nc(-c6ccccn6)c5)cc4)nc4ccccc4c3c2-c2ccccc2)cc1. The summed E-state index contributed by atoms with van der Waals surface area (Å²) in [5.74, 6) is 0.832. The second kappa shape index (κ2) is 12.1. The van der Waals surface area contributed by atoms with Gasteiger partial charge in [0.25, 0.3) is 0 Å². The Morgan fingerprint density at radius 3 is 1.61 bits per heavy atom. The maximum absolute atomic E-state index is 6.89. The maximum atomic E-state index is 6.89. The molecule has 0 unspecified atom stereocenters. The lowest BCUT2D eigenvalue weighted by molar-refractivity contribution is 0.632. The predicted octanol–water partition coefficient (Wildman–Crippen LogP) is 11.2. The summed E-state index contributed by atoms with van der Waals surface area (Å²) >= 11 is 0. The molecule has 9 rings (SSSR count). The summed E-state index contributed by atoms with van der Waals surface area (Å²) in [5.41, 5.74) is 11.9. The van der Waals surface area contributed by atoms with Gasteiger partial charge in [-0.1, -0.05) is 115 Å². The standard InChI is InChI=1S/C44H28N4O/c1-3-13-30(14-4-1)40-41-34-17-7-8-18-35(34)48-42(44(41)49-43(40)32-15-5-2-6-16-32)31-23-21-29(22-24-31)33-27-38(36-19-9-11-25-45-36)47-39(28-33)37-20-10-12-26-46-37/h1-28H. The topological polar surface area (TPSA) is 64.7 Å². The lowest BCUT2D eigenvalue weighted by atomic mass is 9.95. The molecule has 0 saturated carbocycles. The van der Waals surface area contributed by atoms with Gasteiger partial charge < -0.3 is 4.42 Å². The van der Waals surface area contributed by atoms with E-state index in [0.717, 1.165) is 89.5 Å². The monoisotopic (exact) mass is 628 g/mol. The van der Waals surface area contributed by atoms with Crippen molar-refractivity contribution in [2.75, 3.05) is 0 Å². The fraction of sp³-hybridized carbons (Fsp3) is 0. The van der Waals surface area contributed by atoms with E-state index >= 15 is 0 Å². The molecular formula is C44H28N4O. The van der Waals surface area contributed by atoms with Crippen LogP contribution < -0.4 is 0 Å². The zero-order valence-electron chi connectivity index (χ0n) is 26.4. The molecule has 5 heteroatoms. The van der Waals surface area contributed by atoms with Crippen LogP contribution in [0, 0.1) is 0 Å². The first kappa shape index (κ1) is 28.5. The maximum Gasteiger partial charge on any atom is 0.162 e. The number of hydrogen-bond donors (Lipinski definition) is 0. The molecule has 5 aromatic heterocycles. The Hall–Kier alpha value is -6.72. The van der Waals surface area contributed by atoms with Crippen LogP contribution >= 0.6 is 0 Å². The van der Waals surface area contributed by atoms with Crippen molar-refractivity contribution in [3.63, 3.8) is 0 Å². The van der Waals surface area contributed by atoms with Gasteiger partial charge in [0.15, 0.2) is 5.58 Å². The Balaban J connectivity index is 1.23. The Morgan fingerprint density at radius 2 is 0.980 bits per heavy atom. The zero-order valence-corrected chi connectivity index (χ0v) is 26.4. The first-order valence-corrected chi connectivity index (χ1v) is 16.2. The summed E-state index contributed by atoms with van der Waals surface area (Å²) in [5, 5.41) is 2.12. The minimum absolute atomic E-state index is 0.767. The number of fused-ring (bicyclic) bond motifs is 3. The summed E-state index contributed by atoms with van der Waals surface area (Å²) in [6, 6.07) is 53.5. The van der Waals surface area contributed by atoms with Gasteiger partial charge in [0.05, 0.1) is 28.3 Å². The van der Waals surface area contributed by atoms with Crippen LogP contribution in [0.1, 0.15) is 0 Å². The van der Waals surface area contributed by atoms with Crippen LogP contribution in [0.25, 0.3) is 89.5 Å². The van der Waals surface area contributed by atoms with E-state index in [4.69, 9.17) is 14.4 Å². The third-order valence-electron chi connectivity index (χ3n) is 8.80. The van der Waals surface area contributed by atoms with Gasteiger partial charge >= 0.3 is 0 Å². The number of benzene rings is 4. The molecule has 49 heavy (non-hydrogen) atoms. The van der Waals surface area contributed by atoms with E-state index in [-0.39, 0.29) is 0 Å². The Labute approximate surface area is 283 Å². The van der Waals surface area contributed by atoms with Crippen molar-refractivity contribution in [2.45, 2.75) is 0 Å². The number of rotatable bonds is 6. The Morgan fingerprint density at radius 1 is 0.408 bits per heavy atom. The van der Waals surface area contributed by atoms with Crippen molar-refractivity contribution in [3.05, 3.63) is 170 Å². The first-order valence-electron chi connectivity index (χ1n) is 16.2. The van der Waals surface area contributed by atoms with Gasteiger partial charge in [-0.2, -0.15) is 0 Å². The summed E-state index contributed by atoms with van der Waals surface area (Å²) in [6.07, 6.45) is 3.58. The zero-order chi connectivity index (χ0) is 32.6. The van der Waals surface area contributed by atoms with Crippen LogP contribution in [0.4, 0.5) is 0 Å². The van der Waals surface area contributed by atoms with E-state index in [2.05, 4.69) is 101 Å². The molecule has 0 bridgehead atoms. The van der Waals surface area contributed by atoms with Crippen LogP contribution in [0.2, 0.25) is 0 Å². The molecule has 230 valence electrons. The molecule has 0 saturated heterocycles. The van der Waals surface area contributed by atoms with Gasteiger partial charge in [-0.15, -0.1) is 0 Å². The van der Waals surface area contributed by atoms with Crippen molar-refractivity contribution in [1.82, 2.24) is 19.9 Å². The number of hydrogen-bond acceptors (Lipinski definition) is 5. The van der Waals surface area contributed by atoms with Gasteiger partial charge in [-0.25, -0.2) is 9.97 Å². The summed E-state index contributed by atoms with van der Waals surface area (Å²) in [7, 11) is 0. The molecule has 4 aromatic carbocycles. The smallest absolute Gasteiger partial charge is 0.162 e. The Kier molecular flexibility index (Phi) is 7.06. The summed E-state index contributed by atoms with van der Waals surface area (Å²) in [4.78, 5) is 19.3. The minimum Gasteiger partial charge on any atom is -0.453 e. The van der Waals surface area contributed by atoms with E-state index in [1.807, 2.05) is 66.7 Å². The van der Waals surface area contributed by atoms with Crippen LogP contribution in [0.5, 0.6) is 0 Å². The van der Waals surface area contributed by atoms with Crippen molar-refractivity contribution >= 4 is 21.9 Å². The second-order valence-electron chi connectivity index (χ2n) is 11.9. The highest BCUT2D eigenvalue weighted by Crippen LogP contribution is 2.46. The third-order valence-corrected chi connectivity index (χ3v) is 8.80. The predicted molar refractivity (Wildman–Crippen MR) is 198 cm³/mol. The van der Waals surface area contributed by atoms with E-state index in [1.54, 1.807) is 12.4 Å². The third kappa shape index (κ3) is 5.24. The molecule has 5 heterocycles. The fourth-order valence-corrected chi connectivity index (χ4v) is 6.49. The van der Waals surface area contributed by atoms with Crippen molar-refractivity contribution in [1.29, 1.82) is 0 Å². The number of pyridine rings is 4. The molecule has 0 radical (unpaired) electrons.